The minimum atomic E-state index is -0.0195. The average molecular weight is 309 g/mol. The van der Waals surface area contributed by atoms with Crippen LogP contribution in [0.5, 0.6) is 0 Å². The van der Waals surface area contributed by atoms with Gasteiger partial charge in [0, 0.05) is 13.1 Å². The minimum absolute atomic E-state index is 0.0195. The summed E-state index contributed by atoms with van der Waals surface area (Å²) in [6.45, 7) is 6.98. The quantitative estimate of drug-likeness (QED) is 0.574. The fourth-order valence-corrected chi connectivity index (χ4v) is 2.47. The Bertz CT molecular complexity index is 607. The van der Waals surface area contributed by atoms with Crippen molar-refractivity contribution in [3.05, 3.63) is 17.5 Å². The lowest BCUT2D eigenvalue weighted by atomic mass is 10.4. The zero-order chi connectivity index (χ0) is 15.2. The van der Waals surface area contributed by atoms with Gasteiger partial charge in [0.05, 0.1) is 5.75 Å². The maximum absolute atomic E-state index is 11.7. The van der Waals surface area contributed by atoms with Crippen molar-refractivity contribution in [2.24, 2.45) is 0 Å². The van der Waals surface area contributed by atoms with Gasteiger partial charge in [-0.25, -0.2) is 9.97 Å². The minimum Gasteiger partial charge on any atom is -0.355 e. The van der Waals surface area contributed by atoms with Gasteiger partial charge in [0.15, 0.2) is 0 Å². The smallest absolute Gasteiger partial charge is 0.230 e. The Morgan fingerprint density at radius 2 is 2.14 bits per heavy atom. The van der Waals surface area contributed by atoms with Gasteiger partial charge in [-0.05, 0) is 27.2 Å². The van der Waals surface area contributed by atoms with E-state index in [0.717, 1.165) is 30.4 Å². The molecule has 21 heavy (non-hydrogen) atoms. The molecule has 0 aliphatic heterocycles. The van der Waals surface area contributed by atoms with Crippen molar-refractivity contribution in [1.29, 1.82) is 0 Å². The van der Waals surface area contributed by atoms with Gasteiger partial charge in [0.25, 0.3) is 0 Å². The van der Waals surface area contributed by atoms with Crippen LogP contribution in [-0.4, -0.2) is 48.2 Å². The lowest BCUT2D eigenvalue weighted by molar-refractivity contribution is -0.118. The first-order chi connectivity index (χ1) is 10.0. The summed E-state index contributed by atoms with van der Waals surface area (Å²) in [4.78, 5) is 20.0. The third-order valence-corrected chi connectivity index (χ3v) is 3.59. The van der Waals surface area contributed by atoms with Crippen molar-refractivity contribution in [3.63, 3.8) is 0 Å². The first-order valence-corrected chi connectivity index (χ1v) is 7.69. The zero-order valence-corrected chi connectivity index (χ0v) is 13.2. The summed E-state index contributed by atoms with van der Waals surface area (Å²) in [5, 5.41) is 14.4. The van der Waals surface area contributed by atoms with Crippen LogP contribution in [0.2, 0.25) is 0 Å². The number of carbonyl (C=O) groups excluding carboxylic acids is 1. The number of aromatic amines is 1. The SMILES string of the molecule is Cc1nc(C)n(CCCNC(=O)CSc2n[nH]c(C)n2)n1. The van der Waals surface area contributed by atoms with Crippen LogP contribution in [0.3, 0.4) is 0 Å². The summed E-state index contributed by atoms with van der Waals surface area (Å²) in [5.41, 5.74) is 0. The van der Waals surface area contributed by atoms with Crippen LogP contribution < -0.4 is 5.32 Å². The van der Waals surface area contributed by atoms with E-state index in [1.807, 2.05) is 25.5 Å². The first-order valence-electron chi connectivity index (χ1n) is 6.71. The molecule has 0 atom stereocenters. The van der Waals surface area contributed by atoms with Crippen molar-refractivity contribution in [1.82, 2.24) is 35.3 Å². The predicted molar refractivity (Wildman–Crippen MR) is 79.0 cm³/mol. The maximum Gasteiger partial charge on any atom is 0.230 e. The molecule has 0 radical (unpaired) electrons. The van der Waals surface area contributed by atoms with Crippen LogP contribution in [0.15, 0.2) is 5.16 Å². The number of aromatic nitrogens is 6. The van der Waals surface area contributed by atoms with E-state index in [0.29, 0.717) is 17.5 Å². The summed E-state index contributed by atoms with van der Waals surface area (Å²) in [6, 6.07) is 0. The molecule has 0 spiro atoms. The van der Waals surface area contributed by atoms with Gasteiger partial charge in [-0.3, -0.25) is 14.6 Å². The van der Waals surface area contributed by atoms with E-state index in [1.165, 1.54) is 11.8 Å². The Kier molecular flexibility index (Phi) is 5.32. The van der Waals surface area contributed by atoms with Gasteiger partial charge >= 0.3 is 0 Å². The van der Waals surface area contributed by atoms with Crippen molar-refractivity contribution in [2.45, 2.75) is 38.9 Å². The second-order valence-corrected chi connectivity index (χ2v) is 5.57. The number of rotatable bonds is 7. The van der Waals surface area contributed by atoms with Gasteiger partial charge in [-0.1, -0.05) is 11.8 Å². The topological polar surface area (TPSA) is 101 Å². The molecule has 8 nitrogen and oxygen atoms in total. The van der Waals surface area contributed by atoms with E-state index in [4.69, 9.17) is 0 Å². The molecule has 0 saturated carbocycles. The van der Waals surface area contributed by atoms with Gasteiger partial charge in [0.2, 0.25) is 11.1 Å². The Morgan fingerprint density at radius 3 is 2.76 bits per heavy atom. The molecule has 114 valence electrons. The highest BCUT2D eigenvalue weighted by atomic mass is 32.2. The molecule has 0 saturated heterocycles. The number of hydrogen-bond acceptors (Lipinski definition) is 6. The summed E-state index contributed by atoms with van der Waals surface area (Å²) in [5.74, 6) is 2.72. The molecule has 2 N–H and O–H groups in total. The second kappa shape index (κ2) is 7.21. The molecular weight excluding hydrogens is 290 g/mol. The molecule has 9 heteroatoms. The molecule has 0 aliphatic rings. The Morgan fingerprint density at radius 1 is 1.33 bits per heavy atom. The third-order valence-electron chi connectivity index (χ3n) is 2.74. The lowest BCUT2D eigenvalue weighted by Crippen LogP contribution is -2.27. The molecule has 2 rings (SSSR count). The number of amides is 1. The molecule has 0 bridgehead atoms. The number of carbonyl (C=O) groups is 1. The van der Waals surface area contributed by atoms with Crippen LogP contribution in [0, 0.1) is 20.8 Å². The highest BCUT2D eigenvalue weighted by molar-refractivity contribution is 7.99. The third kappa shape index (κ3) is 4.85. The van der Waals surface area contributed by atoms with E-state index >= 15 is 0 Å². The van der Waals surface area contributed by atoms with Gasteiger partial charge in [-0.15, -0.1) is 5.10 Å². The number of aryl methyl sites for hydroxylation is 4. The zero-order valence-electron chi connectivity index (χ0n) is 12.4. The Hall–Kier alpha value is -1.90. The average Bonchev–Trinajstić information content (AvgIpc) is 2.98. The van der Waals surface area contributed by atoms with Crippen molar-refractivity contribution < 1.29 is 4.79 Å². The molecule has 0 aromatic carbocycles. The summed E-state index contributed by atoms with van der Waals surface area (Å²) in [7, 11) is 0. The first kappa shape index (κ1) is 15.5. The summed E-state index contributed by atoms with van der Waals surface area (Å²) < 4.78 is 1.85. The number of H-pyrrole nitrogens is 1. The molecular formula is C12H19N7OS. The largest absolute Gasteiger partial charge is 0.355 e. The van der Waals surface area contributed by atoms with Gasteiger partial charge < -0.3 is 5.32 Å². The molecule has 0 fully saturated rings. The van der Waals surface area contributed by atoms with Crippen LogP contribution >= 0.6 is 11.8 Å². The Balaban J connectivity index is 1.62. The predicted octanol–water partition coefficient (Wildman–Crippen LogP) is 0.620. The van der Waals surface area contributed by atoms with Crippen molar-refractivity contribution in [3.8, 4) is 0 Å². The second-order valence-electron chi connectivity index (χ2n) is 4.62. The molecule has 2 aromatic rings. The van der Waals surface area contributed by atoms with Gasteiger partial charge in [0.1, 0.15) is 17.5 Å². The fraction of sp³-hybridized carbons (Fsp3) is 0.583. The van der Waals surface area contributed by atoms with E-state index < -0.39 is 0 Å². The molecule has 2 heterocycles. The van der Waals surface area contributed by atoms with Gasteiger partial charge in [-0.2, -0.15) is 5.10 Å². The molecule has 2 aromatic heterocycles. The number of hydrogen-bond donors (Lipinski definition) is 2. The summed E-state index contributed by atoms with van der Waals surface area (Å²) in [6.07, 6.45) is 0.819. The van der Waals surface area contributed by atoms with Crippen LogP contribution in [-0.2, 0) is 11.3 Å². The summed E-state index contributed by atoms with van der Waals surface area (Å²) >= 11 is 1.32. The molecule has 1 amide bonds. The standard InChI is InChI=1S/C12H19N7OS/c1-8-15-12(17-16-8)21-7-11(20)13-5-4-6-19-10(3)14-9(2)18-19/h4-7H2,1-3H3,(H,13,20)(H,15,16,17). The molecule has 0 unspecified atom stereocenters. The Labute approximate surface area is 127 Å². The van der Waals surface area contributed by atoms with Crippen LogP contribution in [0.25, 0.3) is 0 Å². The van der Waals surface area contributed by atoms with Crippen LogP contribution in [0.1, 0.15) is 23.9 Å². The van der Waals surface area contributed by atoms with E-state index in [9.17, 15) is 4.79 Å². The van der Waals surface area contributed by atoms with E-state index in [2.05, 4.69) is 30.6 Å². The maximum atomic E-state index is 11.7. The normalized spacial score (nSPS) is 10.8. The van der Waals surface area contributed by atoms with E-state index in [1.54, 1.807) is 0 Å². The number of thioether (sulfide) groups is 1. The van der Waals surface area contributed by atoms with E-state index in [-0.39, 0.29) is 5.91 Å². The lowest BCUT2D eigenvalue weighted by Gasteiger charge is -2.05. The number of nitrogens with one attached hydrogen (secondary N) is 2. The monoisotopic (exact) mass is 309 g/mol. The van der Waals surface area contributed by atoms with Crippen molar-refractivity contribution in [2.75, 3.05) is 12.3 Å². The fourth-order valence-electron chi connectivity index (χ4n) is 1.80. The molecule has 0 aliphatic carbocycles. The highest BCUT2D eigenvalue weighted by Gasteiger charge is 2.06. The van der Waals surface area contributed by atoms with Crippen LogP contribution in [0.4, 0.5) is 0 Å². The number of nitrogens with zero attached hydrogens (tertiary/aromatic N) is 5. The highest BCUT2D eigenvalue weighted by Crippen LogP contribution is 2.10. The van der Waals surface area contributed by atoms with Crippen molar-refractivity contribution >= 4 is 17.7 Å².